The summed E-state index contributed by atoms with van der Waals surface area (Å²) in [5, 5.41) is -0.482. The Morgan fingerprint density at radius 2 is 1.78 bits per heavy atom. The number of hydrogen-bond donors (Lipinski definition) is 0. The van der Waals surface area contributed by atoms with Gasteiger partial charge in [-0.2, -0.15) is 13.2 Å². The molecule has 18 heavy (non-hydrogen) atoms. The predicted molar refractivity (Wildman–Crippen MR) is 61.1 cm³/mol. The third-order valence-corrected chi connectivity index (χ3v) is 3.44. The maximum Gasteiger partial charge on any atom is 0.422 e. The van der Waals surface area contributed by atoms with Crippen LogP contribution in [0.1, 0.15) is 0 Å². The molecule has 0 aliphatic heterocycles. The molecular weight excluding hydrogens is 340 g/mol. The van der Waals surface area contributed by atoms with Gasteiger partial charge in [0, 0.05) is 15.7 Å². The number of benzene rings is 1. The van der Waals surface area contributed by atoms with E-state index in [0.29, 0.717) is 0 Å². The van der Waals surface area contributed by atoms with E-state index in [9.17, 15) is 21.6 Å². The van der Waals surface area contributed by atoms with Gasteiger partial charge in [0.2, 0.25) is 0 Å². The second-order valence-electron chi connectivity index (χ2n) is 3.06. The lowest BCUT2D eigenvalue weighted by molar-refractivity contribution is -0.153. The minimum absolute atomic E-state index is 0.0985. The van der Waals surface area contributed by atoms with Crippen molar-refractivity contribution in [2.75, 3.05) is 6.61 Å². The highest BCUT2D eigenvalue weighted by molar-refractivity contribution is 8.13. The summed E-state index contributed by atoms with van der Waals surface area (Å²) in [5.41, 5.74) is 0. The van der Waals surface area contributed by atoms with Gasteiger partial charge in [-0.25, -0.2) is 8.42 Å². The fraction of sp³-hybridized carbons (Fsp3) is 0.250. The quantitative estimate of drug-likeness (QED) is 0.783. The van der Waals surface area contributed by atoms with Crippen LogP contribution in [0.2, 0.25) is 10.0 Å². The number of ether oxygens (including phenoxy) is 1. The maximum atomic E-state index is 12.0. The average molecular weight is 344 g/mol. The van der Waals surface area contributed by atoms with E-state index in [1.165, 1.54) is 0 Å². The Labute approximate surface area is 115 Å². The van der Waals surface area contributed by atoms with E-state index >= 15 is 0 Å². The molecule has 10 heteroatoms. The zero-order chi connectivity index (χ0) is 14.1. The summed E-state index contributed by atoms with van der Waals surface area (Å²) in [7, 11) is 0.716. The molecule has 0 atom stereocenters. The van der Waals surface area contributed by atoms with Crippen molar-refractivity contribution in [1.82, 2.24) is 0 Å². The highest BCUT2D eigenvalue weighted by Crippen LogP contribution is 2.37. The molecule has 3 nitrogen and oxygen atoms in total. The third kappa shape index (κ3) is 4.38. The Kier molecular flexibility index (Phi) is 4.64. The van der Waals surface area contributed by atoms with Gasteiger partial charge in [0.05, 0.1) is 5.02 Å². The van der Waals surface area contributed by atoms with Crippen molar-refractivity contribution in [3.63, 3.8) is 0 Å². The van der Waals surface area contributed by atoms with E-state index in [-0.39, 0.29) is 10.0 Å². The van der Waals surface area contributed by atoms with Crippen LogP contribution in [-0.2, 0) is 9.05 Å². The summed E-state index contributed by atoms with van der Waals surface area (Å²) < 4.78 is 62.7. The number of hydrogen-bond acceptors (Lipinski definition) is 3. The average Bonchev–Trinajstić information content (AvgIpc) is 2.12. The minimum Gasteiger partial charge on any atom is -0.481 e. The first-order valence-electron chi connectivity index (χ1n) is 4.14. The van der Waals surface area contributed by atoms with Crippen LogP contribution in [0, 0.1) is 0 Å². The van der Waals surface area contributed by atoms with Gasteiger partial charge in [-0.1, -0.05) is 23.2 Å². The highest BCUT2D eigenvalue weighted by atomic mass is 35.7. The van der Waals surface area contributed by atoms with Gasteiger partial charge in [-0.15, -0.1) is 0 Å². The van der Waals surface area contributed by atoms with Gasteiger partial charge < -0.3 is 4.74 Å². The molecule has 1 rings (SSSR count). The lowest BCUT2D eigenvalue weighted by Crippen LogP contribution is -2.20. The van der Waals surface area contributed by atoms with Crippen LogP contribution < -0.4 is 4.74 Å². The zero-order valence-corrected chi connectivity index (χ0v) is 11.3. The zero-order valence-electron chi connectivity index (χ0n) is 8.26. The van der Waals surface area contributed by atoms with Crippen LogP contribution in [0.3, 0.4) is 0 Å². The molecule has 0 N–H and O–H groups in total. The molecule has 0 aliphatic carbocycles. The van der Waals surface area contributed by atoms with E-state index in [1.807, 2.05) is 0 Å². The molecule has 0 spiro atoms. The van der Waals surface area contributed by atoms with Crippen LogP contribution in [0.15, 0.2) is 17.0 Å². The maximum absolute atomic E-state index is 12.0. The Balaban J connectivity index is 3.25. The topological polar surface area (TPSA) is 43.4 Å². The lowest BCUT2D eigenvalue weighted by atomic mass is 10.3. The normalized spacial score (nSPS) is 12.6. The molecule has 0 amide bonds. The van der Waals surface area contributed by atoms with Crippen molar-refractivity contribution in [3.05, 3.63) is 22.2 Å². The number of alkyl halides is 3. The third-order valence-electron chi connectivity index (χ3n) is 1.62. The van der Waals surface area contributed by atoms with Crippen molar-refractivity contribution in [3.8, 4) is 5.75 Å². The number of rotatable bonds is 3. The van der Waals surface area contributed by atoms with Gasteiger partial charge in [0.25, 0.3) is 9.05 Å². The van der Waals surface area contributed by atoms with Crippen LogP contribution in [0.4, 0.5) is 13.2 Å². The summed E-state index contributed by atoms with van der Waals surface area (Å²) in [6, 6.07) is 1.89. The van der Waals surface area contributed by atoms with Gasteiger partial charge in [0.15, 0.2) is 12.4 Å². The molecule has 1 aromatic carbocycles. The molecule has 0 saturated carbocycles. The molecular formula is C8H4Cl3F3O3S. The summed E-state index contributed by atoms with van der Waals surface area (Å²) in [5.74, 6) is -0.687. The molecule has 0 aromatic heterocycles. The molecule has 0 bridgehead atoms. The first-order valence-corrected chi connectivity index (χ1v) is 7.20. The Morgan fingerprint density at radius 3 is 2.22 bits per heavy atom. The van der Waals surface area contributed by atoms with Crippen molar-refractivity contribution in [1.29, 1.82) is 0 Å². The van der Waals surface area contributed by atoms with E-state index < -0.39 is 32.5 Å². The van der Waals surface area contributed by atoms with Crippen LogP contribution in [-0.4, -0.2) is 21.2 Å². The predicted octanol–water partition coefficient (Wildman–Crippen LogP) is 3.86. The molecule has 0 aliphatic rings. The second kappa shape index (κ2) is 5.32. The second-order valence-corrected chi connectivity index (χ2v) is 6.43. The molecule has 1 aromatic rings. The molecule has 0 fully saturated rings. The van der Waals surface area contributed by atoms with E-state index in [2.05, 4.69) is 4.74 Å². The van der Waals surface area contributed by atoms with Crippen LogP contribution >= 0.6 is 33.9 Å². The standard InChI is InChI=1S/C8H4Cl3F3O3S/c9-4-1-5(10)7(17-3-8(12,13)14)6(2-4)18(11,15)16/h1-2H,3H2. The number of halogens is 6. The monoisotopic (exact) mass is 342 g/mol. The Morgan fingerprint density at radius 1 is 1.22 bits per heavy atom. The van der Waals surface area contributed by atoms with E-state index in [0.717, 1.165) is 12.1 Å². The molecule has 0 heterocycles. The largest absolute Gasteiger partial charge is 0.481 e. The van der Waals surface area contributed by atoms with Crippen molar-refractivity contribution in [2.45, 2.75) is 11.1 Å². The first kappa shape index (κ1) is 15.7. The minimum atomic E-state index is -4.64. The van der Waals surface area contributed by atoms with Gasteiger partial charge >= 0.3 is 6.18 Å². The fourth-order valence-electron chi connectivity index (χ4n) is 1.01. The SMILES string of the molecule is O=S(=O)(Cl)c1cc(Cl)cc(Cl)c1OCC(F)(F)F. The summed E-state index contributed by atoms with van der Waals surface area (Å²) >= 11 is 11.1. The van der Waals surface area contributed by atoms with Gasteiger partial charge in [-0.3, -0.25) is 0 Å². The van der Waals surface area contributed by atoms with Crippen molar-refractivity contribution < 1.29 is 26.3 Å². The Bertz CT molecular complexity index is 557. The molecule has 0 unspecified atom stereocenters. The van der Waals surface area contributed by atoms with Gasteiger partial charge in [0.1, 0.15) is 4.90 Å². The van der Waals surface area contributed by atoms with Crippen LogP contribution in [0.25, 0.3) is 0 Å². The van der Waals surface area contributed by atoms with Crippen molar-refractivity contribution >= 4 is 42.9 Å². The molecule has 0 saturated heterocycles. The summed E-state index contributed by atoms with van der Waals surface area (Å²) in [6.45, 7) is -1.70. The smallest absolute Gasteiger partial charge is 0.422 e. The molecule has 102 valence electrons. The van der Waals surface area contributed by atoms with Crippen molar-refractivity contribution in [2.24, 2.45) is 0 Å². The lowest BCUT2D eigenvalue weighted by Gasteiger charge is -2.13. The first-order chi connectivity index (χ1) is 8.00. The summed E-state index contributed by atoms with van der Waals surface area (Å²) in [4.78, 5) is -0.717. The molecule has 0 radical (unpaired) electrons. The highest BCUT2D eigenvalue weighted by Gasteiger charge is 2.30. The fourth-order valence-corrected chi connectivity index (χ4v) is 2.68. The summed E-state index contributed by atoms with van der Waals surface area (Å²) in [6.07, 6.45) is -4.64. The van der Waals surface area contributed by atoms with E-state index in [4.69, 9.17) is 33.9 Å². The Hall–Kier alpha value is -0.370. The van der Waals surface area contributed by atoms with Crippen LogP contribution in [0.5, 0.6) is 5.75 Å². The van der Waals surface area contributed by atoms with E-state index in [1.54, 1.807) is 0 Å². The van der Waals surface area contributed by atoms with Gasteiger partial charge in [-0.05, 0) is 12.1 Å².